The summed E-state index contributed by atoms with van der Waals surface area (Å²) in [6.07, 6.45) is -0.519. The van der Waals surface area contributed by atoms with Crippen molar-refractivity contribution >= 4 is 11.8 Å². The van der Waals surface area contributed by atoms with Crippen molar-refractivity contribution in [1.82, 2.24) is 15.2 Å². The van der Waals surface area contributed by atoms with E-state index in [9.17, 15) is 18.4 Å². The molecule has 1 unspecified atom stereocenters. The van der Waals surface area contributed by atoms with Crippen LogP contribution in [0.25, 0.3) is 11.3 Å². The van der Waals surface area contributed by atoms with Crippen molar-refractivity contribution in [1.29, 1.82) is 0 Å². The largest absolute Gasteiger partial charge is 0.368 e. The lowest BCUT2D eigenvalue weighted by atomic mass is 10.1. The molecule has 3 rings (SSSR count). The molecule has 1 aromatic heterocycles. The molecule has 2 amide bonds. The summed E-state index contributed by atoms with van der Waals surface area (Å²) < 4.78 is 33.7. The summed E-state index contributed by atoms with van der Waals surface area (Å²) in [5.74, 6) is -1.91. The van der Waals surface area contributed by atoms with Crippen LogP contribution in [-0.2, 0) is 14.3 Å². The summed E-state index contributed by atoms with van der Waals surface area (Å²) in [5.41, 5.74) is 0.439. The van der Waals surface area contributed by atoms with Crippen molar-refractivity contribution in [2.24, 2.45) is 0 Å². The van der Waals surface area contributed by atoms with Crippen LogP contribution in [0, 0.1) is 11.6 Å². The molecule has 1 aliphatic rings. The van der Waals surface area contributed by atoms with Crippen LogP contribution in [0.5, 0.6) is 0 Å². The number of pyridine rings is 1. The maximum Gasteiger partial charge on any atom is 0.242 e. The zero-order valence-electron chi connectivity index (χ0n) is 14.7. The quantitative estimate of drug-likeness (QED) is 0.888. The van der Waals surface area contributed by atoms with Crippen LogP contribution in [0.4, 0.5) is 8.78 Å². The monoisotopic (exact) mass is 375 g/mol. The molecule has 6 nitrogen and oxygen atoms in total. The molecule has 8 heteroatoms. The fourth-order valence-electron chi connectivity index (χ4n) is 2.88. The second-order valence-corrected chi connectivity index (χ2v) is 6.15. The van der Waals surface area contributed by atoms with Crippen molar-refractivity contribution < 1.29 is 23.1 Å². The summed E-state index contributed by atoms with van der Waals surface area (Å²) >= 11 is 0. The second-order valence-electron chi connectivity index (χ2n) is 6.15. The van der Waals surface area contributed by atoms with Gasteiger partial charge in [0.1, 0.15) is 17.7 Å². The first-order chi connectivity index (χ1) is 13.0. The first-order valence-corrected chi connectivity index (χ1v) is 8.51. The van der Waals surface area contributed by atoms with Crippen molar-refractivity contribution in [2.45, 2.75) is 13.0 Å². The Morgan fingerprint density at radius 2 is 1.93 bits per heavy atom. The molecule has 142 valence electrons. The number of morpholine rings is 1. The van der Waals surface area contributed by atoms with E-state index >= 15 is 0 Å². The number of hydrogen-bond donors (Lipinski definition) is 1. The number of hydrogen-bond acceptors (Lipinski definition) is 4. The van der Waals surface area contributed by atoms with Crippen LogP contribution in [0.1, 0.15) is 18.7 Å². The number of benzene rings is 1. The molecule has 27 heavy (non-hydrogen) atoms. The van der Waals surface area contributed by atoms with E-state index in [0.717, 1.165) is 0 Å². The molecule has 0 saturated carbocycles. The molecule has 1 saturated heterocycles. The predicted molar refractivity (Wildman–Crippen MR) is 93.5 cm³/mol. The van der Waals surface area contributed by atoms with E-state index in [1.54, 1.807) is 17.0 Å². The molecular formula is C19H19F2N3O3. The van der Waals surface area contributed by atoms with Crippen LogP contribution >= 0.6 is 0 Å². The second kappa shape index (κ2) is 8.22. The summed E-state index contributed by atoms with van der Waals surface area (Å²) in [4.78, 5) is 29.1. The number of carbonyl (C=O) groups excluding carboxylic acids is 2. The van der Waals surface area contributed by atoms with Gasteiger partial charge < -0.3 is 15.0 Å². The van der Waals surface area contributed by atoms with Crippen LogP contribution in [0.3, 0.4) is 0 Å². The van der Waals surface area contributed by atoms with Gasteiger partial charge >= 0.3 is 0 Å². The van der Waals surface area contributed by atoms with Gasteiger partial charge in [0.25, 0.3) is 0 Å². The van der Waals surface area contributed by atoms with Gasteiger partial charge in [-0.25, -0.2) is 13.8 Å². The third kappa shape index (κ3) is 4.46. The molecule has 1 atom stereocenters. The number of carbonyl (C=O) groups is 2. The zero-order chi connectivity index (χ0) is 19.4. The van der Waals surface area contributed by atoms with Crippen molar-refractivity contribution in [3.63, 3.8) is 0 Å². The Morgan fingerprint density at radius 1 is 1.22 bits per heavy atom. The third-order valence-electron chi connectivity index (χ3n) is 4.23. The van der Waals surface area contributed by atoms with Gasteiger partial charge in [-0.05, 0) is 24.3 Å². The van der Waals surface area contributed by atoms with Crippen LogP contribution in [0.15, 0.2) is 36.4 Å². The first kappa shape index (κ1) is 18.9. The standard InChI is InChI=1S/C19H19F2N3O3/c1-12(25)22-10-18(26)24-8-9-27-17(11-24)15-6-3-7-16(23-15)19-13(20)4-2-5-14(19)21/h2-7,17H,8-11H2,1H3,(H,22,25). The molecule has 1 N–H and O–H groups in total. The van der Waals surface area contributed by atoms with Crippen LogP contribution in [-0.4, -0.2) is 47.9 Å². The fraction of sp³-hybridized carbons (Fsp3) is 0.316. The van der Waals surface area contributed by atoms with Crippen molar-refractivity contribution in [2.75, 3.05) is 26.2 Å². The van der Waals surface area contributed by atoms with E-state index in [0.29, 0.717) is 18.8 Å². The molecule has 0 radical (unpaired) electrons. The SMILES string of the molecule is CC(=O)NCC(=O)N1CCOC(c2cccc(-c3c(F)cccc3F)n2)C1. The summed E-state index contributed by atoms with van der Waals surface area (Å²) in [6, 6.07) is 8.49. The number of ether oxygens (including phenoxy) is 1. The number of nitrogens with zero attached hydrogens (tertiary/aromatic N) is 2. The van der Waals surface area contributed by atoms with Gasteiger partial charge in [0, 0.05) is 13.5 Å². The van der Waals surface area contributed by atoms with E-state index in [2.05, 4.69) is 10.3 Å². The first-order valence-electron chi connectivity index (χ1n) is 8.51. The predicted octanol–water partition coefficient (Wildman–Crippen LogP) is 2.06. The smallest absolute Gasteiger partial charge is 0.242 e. The lowest BCUT2D eigenvalue weighted by Gasteiger charge is -2.32. The Bertz CT molecular complexity index is 840. The zero-order valence-corrected chi connectivity index (χ0v) is 14.7. The maximum absolute atomic E-state index is 14.0. The molecule has 0 aliphatic carbocycles. The van der Waals surface area contributed by atoms with Gasteiger partial charge in [0.15, 0.2) is 0 Å². The van der Waals surface area contributed by atoms with E-state index in [-0.39, 0.29) is 36.2 Å². The Hall–Kier alpha value is -2.87. The lowest BCUT2D eigenvalue weighted by Crippen LogP contribution is -2.46. The fourth-order valence-corrected chi connectivity index (χ4v) is 2.88. The molecule has 0 bridgehead atoms. The molecule has 2 aromatic rings. The van der Waals surface area contributed by atoms with E-state index in [4.69, 9.17) is 4.74 Å². The van der Waals surface area contributed by atoms with Gasteiger partial charge in [0.05, 0.1) is 36.6 Å². The highest BCUT2D eigenvalue weighted by Gasteiger charge is 2.26. The number of amides is 2. The number of rotatable bonds is 4. The molecule has 1 aliphatic heterocycles. The normalized spacial score (nSPS) is 16.9. The minimum absolute atomic E-state index is 0.0873. The Kier molecular flexibility index (Phi) is 5.75. The van der Waals surface area contributed by atoms with E-state index < -0.39 is 17.7 Å². The summed E-state index contributed by atoms with van der Waals surface area (Å²) in [7, 11) is 0. The van der Waals surface area contributed by atoms with Crippen molar-refractivity contribution in [3.05, 3.63) is 53.7 Å². The summed E-state index contributed by atoms with van der Waals surface area (Å²) in [5, 5.41) is 2.47. The van der Waals surface area contributed by atoms with Gasteiger partial charge in [-0.2, -0.15) is 0 Å². The van der Waals surface area contributed by atoms with Gasteiger partial charge in [-0.3, -0.25) is 9.59 Å². The van der Waals surface area contributed by atoms with Crippen molar-refractivity contribution in [3.8, 4) is 11.3 Å². The van der Waals surface area contributed by atoms with Gasteiger partial charge in [0.2, 0.25) is 11.8 Å². The average molecular weight is 375 g/mol. The Morgan fingerprint density at radius 3 is 2.63 bits per heavy atom. The highest BCUT2D eigenvalue weighted by molar-refractivity contribution is 5.83. The highest BCUT2D eigenvalue weighted by Crippen LogP contribution is 2.27. The van der Waals surface area contributed by atoms with Gasteiger partial charge in [-0.15, -0.1) is 0 Å². The van der Waals surface area contributed by atoms with Gasteiger partial charge in [-0.1, -0.05) is 12.1 Å². The maximum atomic E-state index is 14.0. The average Bonchev–Trinajstić information content (AvgIpc) is 2.66. The number of halogens is 2. The Balaban J connectivity index is 1.78. The third-order valence-corrected chi connectivity index (χ3v) is 4.23. The molecule has 2 heterocycles. The Labute approximate surface area is 155 Å². The van der Waals surface area contributed by atoms with E-state index in [1.807, 2.05) is 0 Å². The number of nitrogens with one attached hydrogen (secondary N) is 1. The van der Waals surface area contributed by atoms with Crippen LogP contribution < -0.4 is 5.32 Å². The lowest BCUT2D eigenvalue weighted by molar-refractivity contribution is -0.139. The highest BCUT2D eigenvalue weighted by atomic mass is 19.1. The molecule has 1 aromatic carbocycles. The minimum atomic E-state index is -0.698. The van der Waals surface area contributed by atoms with E-state index in [1.165, 1.54) is 31.2 Å². The minimum Gasteiger partial charge on any atom is -0.368 e. The topological polar surface area (TPSA) is 71.5 Å². The number of aromatic nitrogens is 1. The summed E-state index contributed by atoms with van der Waals surface area (Å²) in [6.45, 7) is 2.20. The molecule has 0 spiro atoms. The molecular weight excluding hydrogens is 356 g/mol. The molecule has 1 fully saturated rings. The van der Waals surface area contributed by atoms with Crippen LogP contribution in [0.2, 0.25) is 0 Å².